The van der Waals surface area contributed by atoms with E-state index in [2.05, 4.69) is 20.9 Å². The van der Waals surface area contributed by atoms with Crippen LogP contribution in [0.25, 0.3) is 0 Å². The summed E-state index contributed by atoms with van der Waals surface area (Å²) in [6.45, 7) is 11.6. The van der Waals surface area contributed by atoms with E-state index in [1.165, 1.54) is 0 Å². The maximum absolute atomic E-state index is 12.6. The first kappa shape index (κ1) is 22.9. The van der Waals surface area contributed by atoms with Gasteiger partial charge in [-0.05, 0) is 57.7 Å². The van der Waals surface area contributed by atoms with Crippen LogP contribution in [-0.4, -0.2) is 48.4 Å². The van der Waals surface area contributed by atoms with Crippen molar-refractivity contribution in [3.8, 4) is 0 Å². The molecule has 1 fully saturated rings. The molecule has 0 aromatic heterocycles. The van der Waals surface area contributed by atoms with Crippen LogP contribution in [0.5, 0.6) is 0 Å². The van der Waals surface area contributed by atoms with E-state index in [9.17, 15) is 14.4 Å². The van der Waals surface area contributed by atoms with Crippen molar-refractivity contribution < 1.29 is 14.4 Å². The molecule has 1 aliphatic rings. The molecule has 2 unspecified atom stereocenters. The van der Waals surface area contributed by atoms with Crippen molar-refractivity contribution in [3.05, 3.63) is 29.3 Å². The van der Waals surface area contributed by atoms with Gasteiger partial charge in [0.15, 0.2) is 0 Å². The number of rotatable bonds is 6. The lowest BCUT2D eigenvalue weighted by Crippen LogP contribution is -2.52. The third kappa shape index (κ3) is 6.85. The average Bonchev–Trinajstić information content (AvgIpc) is 2.67. The van der Waals surface area contributed by atoms with Crippen molar-refractivity contribution in [2.24, 2.45) is 11.8 Å². The van der Waals surface area contributed by atoms with E-state index in [0.29, 0.717) is 18.2 Å². The van der Waals surface area contributed by atoms with Crippen LogP contribution >= 0.6 is 0 Å². The maximum Gasteiger partial charge on any atom is 0.325 e. The molecule has 160 valence electrons. The highest BCUT2D eigenvalue weighted by Gasteiger charge is 2.28. The monoisotopic (exact) mass is 402 g/mol. The zero-order valence-electron chi connectivity index (χ0n) is 18.2. The first-order chi connectivity index (χ1) is 13.7. The second-order valence-electron chi connectivity index (χ2n) is 8.34. The van der Waals surface area contributed by atoms with Gasteiger partial charge in [0.25, 0.3) is 0 Å². The Bertz CT molecular complexity index is 748. The van der Waals surface area contributed by atoms with Crippen molar-refractivity contribution in [2.45, 2.75) is 53.5 Å². The van der Waals surface area contributed by atoms with Gasteiger partial charge in [-0.25, -0.2) is 4.79 Å². The summed E-state index contributed by atoms with van der Waals surface area (Å²) in [6, 6.07) is 4.79. The average molecular weight is 403 g/mol. The quantitative estimate of drug-likeness (QED) is 0.682. The summed E-state index contributed by atoms with van der Waals surface area (Å²) in [7, 11) is 0. The summed E-state index contributed by atoms with van der Waals surface area (Å²) >= 11 is 0. The van der Waals surface area contributed by atoms with Gasteiger partial charge in [-0.3, -0.25) is 19.8 Å². The molecule has 3 N–H and O–H groups in total. The molecule has 29 heavy (non-hydrogen) atoms. The Morgan fingerprint density at radius 3 is 2.52 bits per heavy atom. The molecule has 1 aromatic rings. The van der Waals surface area contributed by atoms with E-state index in [-0.39, 0.29) is 17.7 Å². The Kier molecular flexibility index (Phi) is 8.20. The SMILES string of the molecule is Cc1ccc(NC(=O)NC(=O)C(C)N2CCCC(CNC(=O)C(C)C)C2)c(C)c1. The number of urea groups is 1. The minimum Gasteiger partial charge on any atom is -0.356 e. The van der Waals surface area contributed by atoms with Crippen LogP contribution in [0, 0.1) is 25.7 Å². The van der Waals surface area contributed by atoms with Gasteiger partial charge in [0.05, 0.1) is 6.04 Å². The largest absolute Gasteiger partial charge is 0.356 e. The van der Waals surface area contributed by atoms with Crippen LogP contribution < -0.4 is 16.0 Å². The summed E-state index contributed by atoms with van der Waals surface area (Å²) in [6.07, 6.45) is 1.99. The zero-order valence-corrected chi connectivity index (χ0v) is 18.2. The van der Waals surface area contributed by atoms with E-state index in [0.717, 1.165) is 37.1 Å². The molecule has 1 aromatic carbocycles. The predicted molar refractivity (Wildman–Crippen MR) is 115 cm³/mol. The molecule has 4 amide bonds. The number of aryl methyl sites for hydroxylation is 2. The van der Waals surface area contributed by atoms with Gasteiger partial charge in [-0.15, -0.1) is 0 Å². The number of nitrogens with one attached hydrogen (secondary N) is 3. The Hall–Kier alpha value is -2.41. The van der Waals surface area contributed by atoms with Gasteiger partial charge >= 0.3 is 6.03 Å². The van der Waals surface area contributed by atoms with Gasteiger partial charge < -0.3 is 10.6 Å². The van der Waals surface area contributed by atoms with Gasteiger partial charge in [0.1, 0.15) is 0 Å². The van der Waals surface area contributed by atoms with Gasteiger partial charge in [-0.2, -0.15) is 0 Å². The van der Waals surface area contributed by atoms with Crippen LogP contribution in [0.15, 0.2) is 18.2 Å². The third-order valence-corrected chi connectivity index (χ3v) is 5.43. The van der Waals surface area contributed by atoms with Crippen molar-refractivity contribution in [2.75, 3.05) is 25.0 Å². The van der Waals surface area contributed by atoms with E-state index in [1.54, 1.807) is 0 Å². The smallest absolute Gasteiger partial charge is 0.325 e. The Morgan fingerprint density at radius 2 is 1.86 bits per heavy atom. The molecular weight excluding hydrogens is 368 g/mol. The predicted octanol–water partition coefficient (Wildman–Crippen LogP) is 2.82. The summed E-state index contributed by atoms with van der Waals surface area (Å²) in [4.78, 5) is 38.7. The van der Waals surface area contributed by atoms with Crippen molar-refractivity contribution >= 4 is 23.5 Å². The first-order valence-electron chi connectivity index (χ1n) is 10.4. The van der Waals surface area contributed by atoms with E-state index in [4.69, 9.17) is 0 Å². The summed E-state index contributed by atoms with van der Waals surface area (Å²) < 4.78 is 0. The van der Waals surface area contributed by atoms with Crippen LogP contribution in [0.2, 0.25) is 0 Å². The molecule has 0 spiro atoms. The molecule has 0 aliphatic carbocycles. The van der Waals surface area contributed by atoms with Gasteiger partial charge in [-0.1, -0.05) is 31.5 Å². The number of anilines is 1. The molecule has 2 atom stereocenters. The summed E-state index contributed by atoms with van der Waals surface area (Å²) in [5.41, 5.74) is 2.75. The van der Waals surface area contributed by atoms with E-state index in [1.807, 2.05) is 52.8 Å². The molecule has 1 aliphatic heterocycles. The molecule has 2 rings (SSSR count). The number of benzene rings is 1. The van der Waals surface area contributed by atoms with Gasteiger partial charge in [0.2, 0.25) is 11.8 Å². The molecule has 1 heterocycles. The van der Waals surface area contributed by atoms with Crippen molar-refractivity contribution in [1.29, 1.82) is 0 Å². The van der Waals surface area contributed by atoms with Crippen molar-refractivity contribution in [1.82, 2.24) is 15.5 Å². The minimum absolute atomic E-state index is 0.0323. The molecular formula is C22H34N4O3. The van der Waals surface area contributed by atoms with Crippen LogP contribution in [-0.2, 0) is 9.59 Å². The number of hydrogen-bond acceptors (Lipinski definition) is 4. The minimum atomic E-state index is -0.522. The highest BCUT2D eigenvalue weighted by Crippen LogP contribution is 2.19. The van der Waals surface area contributed by atoms with Crippen LogP contribution in [0.3, 0.4) is 0 Å². The molecule has 0 radical (unpaired) electrons. The molecule has 1 saturated heterocycles. The summed E-state index contributed by atoms with van der Waals surface area (Å²) in [5.74, 6) is 0.0101. The lowest BCUT2D eigenvalue weighted by molar-refractivity contribution is -0.126. The molecule has 0 saturated carbocycles. The fraction of sp³-hybridized carbons (Fsp3) is 0.591. The highest BCUT2D eigenvalue weighted by molar-refractivity contribution is 6.03. The fourth-order valence-corrected chi connectivity index (χ4v) is 3.55. The summed E-state index contributed by atoms with van der Waals surface area (Å²) in [5, 5.41) is 8.17. The topological polar surface area (TPSA) is 90.5 Å². The lowest BCUT2D eigenvalue weighted by Gasteiger charge is -2.36. The second-order valence-corrected chi connectivity index (χ2v) is 8.34. The Labute approximate surface area is 173 Å². The number of carbonyl (C=O) groups is 3. The number of nitrogens with zero attached hydrogens (tertiary/aromatic N) is 1. The zero-order chi connectivity index (χ0) is 21.6. The number of amides is 4. The lowest BCUT2D eigenvalue weighted by atomic mass is 9.96. The third-order valence-electron chi connectivity index (χ3n) is 5.43. The first-order valence-corrected chi connectivity index (χ1v) is 10.4. The number of imide groups is 1. The van der Waals surface area contributed by atoms with Crippen LogP contribution in [0.1, 0.15) is 44.7 Å². The second kappa shape index (κ2) is 10.4. The number of likely N-dealkylation sites (tertiary alicyclic amines) is 1. The van der Waals surface area contributed by atoms with Crippen LogP contribution in [0.4, 0.5) is 10.5 Å². The van der Waals surface area contributed by atoms with E-state index < -0.39 is 12.1 Å². The molecule has 7 heteroatoms. The normalized spacial score (nSPS) is 18.2. The van der Waals surface area contributed by atoms with E-state index >= 15 is 0 Å². The molecule has 0 bridgehead atoms. The van der Waals surface area contributed by atoms with Gasteiger partial charge in [0, 0.05) is 24.7 Å². The fourth-order valence-electron chi connectivity index (χ4n) is 3.55. The highest BCUT2D eigenvalue weighted by atomic mass is 16.2. The standard InChI is InChI=1S/C22H34N4O3/c1-14(2)20(27)23-12-18-7-6-10-26(13-18)17(5)21(28)25-22(29)24-19-9-8-15(3)11-16(19)4/h8-9,11,14,17-18H,6-7,10,12-13H2,1-5H3,(H,23,27)(H2,24,25,28,29). The number of hydrogen-bond donors (Lipinski definition) is 3. The Morgan fingerprint density at radius 1 is 1.14 bits per heavy atom. The number of piperidine rings is 1. The maximum atomic E-state index is 12.6. The Balaban J connectivity index is 1.85. The number of carbonyl (C=O) groups excluding carboxylic acids is 3. The van der Waals surface area contributed by atoms with Crippen molar-refractivity contribution in [3.63, 3.8) is 0 Å². The molecule has 7 nitrogen and oxygen atoms in total.